The molecule has 4 aromatic rings. The van der Waals surface area contributed by atoms with Crippen molar-refractivity contribution >= 4 is 5.57 Å². The fourth-order valence-corrected chi connectivity index (χ4v) is 4.97. The predicted octanol–water partition coefficient (Wildman–Crippen LogP) is 9.63. The average Bonchev–Trinajstić information content (AvgIpc) is 3.23. The van der Waals surface area contributed by atoms with Gasteiger partial charge in [0.1, 0.15) is 0 Å². The van der Waals surface area contributed by atoms with Crippen molar-refractivity contribution < 1.29 is 0 Å². The number of benzene rings is 4. The molecule has 1 atom stereocenters. The summed E-state index contributed by atoms with van der Waals surface area (Å²) >= 11 is 0. The first-order valence-corrected chi connectivity index (χ1v) is 12.7. The minimum absolute atomic E-state index is 0.315. The summed E-state index contributed by atoms with van der Waals surface area (Å²) in [6.45, 7) is 4.59. The van der Waals surface area contributed by atoms with Crippen LogP contribution in [0.1, 0.15) is 48.4 Å². The molecule has 1 aliphatic carbocycles. The van der Waals surface area contributed by atoms with E-state index in [0.717, 1.165) is 12.8 Å². The van der Waals surface area contributed by atoms with Crippen molar-refractivity contribution in [1.82, 2.24) is 0 Å². The molecule has 5 rings (SSSR count). The summed E-state index contributed by atoms with van der Waals surface area (Å²) in [4.78, 5) is 0. The van der Waals surface area contributed by atoms with Gasteiger partial charge < -0.3 is 0 Å². The zero-order chi connectivity index (χ0) is 24.0. The molecule has 0 heteroatoms. The molecule has 0 heterocycles. The summed E-state index contributed by atoms with van der Waals surface area (Å²) in [5.41, 5.74) is 11.8. The van der Waals surface area contributed by atoms with Crippen molar-refractivity contribution in [2.24, 2.45) is 0 Å². The van der Waals surface area contributed by atoms with E-state index >= 15 is 0 Å². The number of rotatable bonds is 6. The Morgan fingerprint density at radius 1 is 0.657 bits per heavy atom. The zero-order valence-electron chi connectivity index (χ0n) is 20.6. The molecule has 0 saturated heterocycles. The van der Waals surface area contributed by atoms with Gasteiger partial charge in [-0.2, -0.15) is 0 Å². The highest BCUT2D eigenvalue weighted by Gasteiger charge is 2.15. The van der Waals surface area contributed by atoms with Crippen molar-refractivity contribution in [2.45, 2.75) is 32.6 Å². The van der Waals surface area contributed by atoms with Gasteiger partial charge in [0.25, 0.3) is 0 Å². The summed E-state index contributed by atoms with van der Waals surface area (Å²) in [5, 5.41) is 0. The topological polar surface area (TPSA) is 0 Å². The number of hydrogen-bond acceptors (Lipinski definition) is 0. The Hall–Kier alpha value is -3.90. The van der Waals surface area contributed by atoms with Crippen molar-refractivity contribution in [2.75, 3.05) is 0 Å². The third-order valence-corrected chi connectivity index (χ3v) is 7.01. The standard InChI is InChI=1S/C35H32/c1-3-27-21-22-34(29-15-9-6-10-16-29)25-35(27)26(2)30-17-11-19-32(23-30)33-20-12-18-31(24-33)28-13-7-4-5-8-14-28/h4-7,9-26H,3,8H2,1-2H3. The third-order valence-electron chi connectivity index (χ3n) is 7.01. The van der Waals surface area contributed by atoms with E-state index in [1.54, 1.807) is 0 Å². The fraction of sp³-hybridized carbons (Fsp3) is 0.143. The van der Waals surface area contributed by atoms with Crippen LogP contribution in [0.15, 0.2) is 127 Å². The van der Waals surface area contributed by atoms with Crippen LogP contribution in [0.4, 0.5) is 0 Å². The van der Waals surface area contributed by atoms with E-state index in [1.165, 1.54) is 50.1 Å². The molecule has 0 bridgehead atoms. The van der Waals surface area contributed by atoms with E-state index in [2.05, 4.69) is 141 Å². The first-order valence-electron chi connectivity index (χ1n) is 12.7. The highest BCUT2D eigenvalue weighted by Crippen LogP contribution is 2.34. The van der Waals surface area contributed by atoms with E-state index < -0.39 is 0 Å². The molecule has 0 spiro atoms. The summed E-state index contributed by atoms with van der Waals surface area (Å²) in [6, 6.07) is 35.7. The van der Waals surface area contributed by atoms with Gasteiger partial charge >= 0.3 is 0 Å². The summed E-state index contributed by atoms with van der Waals surface area (Å²) in [5.74, 6) is 0.315. The SMILES string of the molecule is CCc1ccc(-c2ccccc2)cc1C(C)c1cccc(-c2cccc(C3=CCC=CC=C3)c2)c1. The molecule has 1 unspecified atom stereocenters. The molecule has 0 nitrogen and oxygen atoms in total. The van der Waals surface area contributed by atoms with Crippen LogP contribution >= 0.6 is 0 Å². The Kier molecular flexibility index (Phi) is 6.91. The average molecular weight is 453 g/mol. The second-order valence-corrected chi connectivity index (χ2v) is 9.24. The second kappa shape index (κ2) is 10.6. The van der Waals surface area contributed by atoms with Crippen molar-refractivity contribution in [1.29, 1.82) is 0 Å². The summed E-state index contributed by atoms with van der Waals surface area (Å²) in [7, 11) is 0. The van der Waals surface area contributed by atoms with E-state index in [4.69, 9.17) is 0 Å². The van der Waals surface area contributed by atoms with Gasteiger partial charge in [-0.05, 0) is 69.0 Å². The Morgan fingerprint density at radius 3 is 2.20 bits per heavy atom. The number of aryl methyl sites for hydroxylation is 1. The van der Waals surface area contributed by atoms with Crippen molar-refractivity contribution in [3.8, 4) is 22.3 Å². The van der Waals surface area contributed by atoms with Crippen LogP contribution in [0.5, 0.6) is 0 Å². The maximum atomic E-state index is 2.39. The number of allylic oxidation sites excluding steroid dienone is 6. The zero-order valence-corrected chi connectivity index (χ0v) is 20.6. The molecule has 0 saturated carbocycles. The minimum Gasteiger partial charge on any atom is -0.0807 e. The Bertz CT molecular complexity index is 1400. The smallest absolute Gasteiger partial charge is 0.00641 e. The van der Waals surface area contributed by atoms with Gasteiger partial charge in [0, 0.05) is 5.92 Å². The molecule has 0 amide bonds. The van der Waals surface area contributed by atoms with Gasteiger partial charge in [0.15, 0.2) is 0 Å². The first kappa shape index (κ1) is 22.9. The predicted molar refractivity (Wildman–Crippen MR) is 152 cm³/mol. The van der Waals surface area contributed by atoms with Crippen molar-refractivity contribution in [3.63, 3.8) is 0 Å². The third kappa shape index (κ3) is 5.12. The Morgan fingerprint density at radius 2 is 1.37 bits per heavy atom. The molecular formula is C35H32. The Balaban J connectivity index is 1.49. The summed E-state index contributed by atoms with van der Waals surface area (Å²) < 4.78 is 0. The van der Waals surface area contributed by atoms with E-state index in [-0.39, 0.29) is 0 Å². The molecular weight excluding hydrogens is 420 g/mol. The van der Waals surface area contributed by atoms with E-state index in [0.29, 0.717) is 5.92 Å². The molecule has 4 aromatic carbocycles. The first-order chi connectivity index (χ1) is 17.2. The lowest BCUT2D eigenvalue weighted by Gasteiger charge is -2.19. The van der Waals surface area contributed by atoms with Gasteiger partial charge in [-0.25, -0.2) is 0 Å². The lowest BCUT2D eigenvalue weighted by atomic mass is 9.85. The minimum atomic E-state index is 0.315. The molecule has 0 radical (unpaired) electrons. The molecule has 0 N–H and O–H groups in total. The molecule has 0 fully saturated rings. The van der Waals surface area contributed by atoms with Gasteiger partial charge in [0.05, 0.1) is 0 Å². The van der Waals surface area contributed by atoms with Crippen LogP contribution in [0.3, 0.4) is 0 Å². The Labute approximate surface area is 210 Å². The molecule has 0 aliphatic heterocycles. The van der Waals surface area contributed by atoms with Crippen LogP contribution in [-0.4, -0.2) is 0 Å². The van der Waals surface area contributed by atoms with E-state index in [1.807, 2.05) is 0 Å². The molecule has 172 valence electrons. The van der Waals surface area contributed by atoms with Crippen molar-refractivity contribution in [3.05, 3.63) is 150 Å². The van der Waals surface area contributed by atoms with Crippen LogP contribution in [0.2, 0.25) is 0 Å². The van der Waals surface area contributed by atoms with Crippen LogP contribution in [0.25, 0.3) is 27.8 Å². The van der Waals surface area contributed by atoms with Gasteiger partial charge in [0.2, 0.25) is 0 Å². The quantitative estimate of drug-likeness (QED) is 0.273. The lowest BCUT2D eigenvalue weighted by molar-refractivity contribution is 0.894. The fourth-order valence-electron chi connectivity index (χ4n) is 4.97. The van der Waals surface area contributed by atoms with Crippen LogP contribution < -0.4 is 0 Å². The van der Waals surface area contributed by atoms with Gasteiger partial charge in [-0.3, -0.25) is 0 Å². The molecule has 1 aliphatic rings. The normalized spacial score (nSPS) is 13.8. The second-order valence-electron chi connectivity index (χ2n) is 9.24. The molecule has 35 heavy (non-hydrogen) atoms. The lowest BCUT2D eigenvalue weighted by Crippen LogP contribution is -2.01. The van der Waals surface area contributed by atoms with Gasteiger partial charge in [-0.1, -0.05) is 135 Å². The number of hydrogen-bond donors (Lipinski definition) is 0. The highest BCUT2D eigenvalue weighted by atomic mass is 14.2. The maximum absolute atomic E-state index is 2.39. The summed E-state index contributed by atoms with van der Waals surface area (Å²) in [6.07, 6.45) is 12.9. The molecule has 0 aromatic heterocycles. The van der Waals surface area contributed by atoms with Crippen LogP contribution in [0, 0.1) is 0 Å². The van der Waals surface area contributed by atoms with Crippen LogP contribution in [-0.2, 0) is 6.42 Å². The monoisotopic (exact) mass is 452 g/mol. The maximum Gasteiger partial charge on any atom is 0.00641 e. The van der Waals surface area contributed by atoms with E-state index in [9.17, 15) is 0 Å². The van der Waals surface area contributed by atoms with Gasteiger partial charge in [-0.15, -0.1) is 0 Å². The largest absolute Gasteiger partial charge is 0.0807 e. The highest BCUT2D eigenvalue weighted by molar-refractivity contribution is 5.78.